The number of aromatic nitrogens is 3. The van der Waals surface area contributed by atoms with Gasteiger partial charge >= 0.3 is 0 Å². The molecule has 0 N–H and O–H groups in total. The van der Waals surface area contributed by atoms with Crippen LogP contribution in [0.5, 0.6) is 0 Å². The van der Waals surface area contributed by atoms with Crippen molar-refractivity contribution in [3.05, 3.63) is 42.0 Å². The van der Waals surface area contributed by atoms with Crippen molar-refractivity contribution in [3.63, 3.8) is 0 Å². The van der Waals surface area contributed by atoms with Gasteiger partial charge in [-0.15, -0.1) is 0 Å². The Morgan fingerprint density at radius 2 is 1.95 bits per heavy atom. The number of pyridine rings is 1. The molecule has 0 saturated carbocycles. The number of hydrogen-bond donors (Lipinski definition) is 0. The molecule has 1 fully saturated rings. The summed E-state index contributed by atoms with van der Waals surface area (Å²) in [7, 11) is 1.91. The van der Waals surface area contributed by atoms with E-state index in [9.17, 15) is 4.79 Å². The summed E-state index contributed by atoms with van der Waals surface area (Å²) in [6.45, 7) is 5.05. The highest BCUT2D eigenvalue weighted by atomic mass is 16.2. The van der Waals surface area contributed by atoms with Gasteiger partial charge < -0.3 is 9.80 Å². The first kappa shape index (κ1) is 13.6. The van der Waals surface area contributed by atoms with Crippen molar-refractivity contribution in [2.45, 2.75) is 6.92 Å². The van der Waals surface area contributed by atoms with Crippen LogP contribution in [0.2, 0.25) is 0 Å². The fourth-order valence-electron chi connectivity index (χ4n) is 2.60. The van der Waals surface area contributed by atoms with Crippen LogP contribution in [0.25, 0.3) is 0 Å². The molecule has 0 bridgehead atoms. The maximum atomic E-state index is 12.5. The van der Waals surface area contributed by atoms with Crippen LogP contribution in [0.1, 0.15) is 15.9 Å². The van der Waals surface area contributed by atoms with Crippen molar-refractivity contribution in [2.75, 3.05) is 31.1 Å². The summed E-state index contributed by atoms with van der Waals surface area (Å²) in [6, 6.07) is 1.87. The van der Waals surface area contributed by atoms with Crippen LogP contribution in [-0.2, 0) is 7.05 Å². The Bertz CT molecular complexity index is 643. The number of rotatable bonds is 2. The lowest BCUT2D eigenvalue weighted by atomic mass is 10.1. The molecule has 6 nitrogen and oxygen atoms in total. The SMILES string of the molecule is Cc1ccncc1C(=O)N1CCN(c2cnn(C)c2)CC1. The number of aryl methyl sites for hydroxylation is 2. The molecule has 1 aliphatic heterocycles. The third kappa shape index (κ3) is 2.74. The number of carbonyl (C=O) groups is 1. The van der Waals surface area contributed by atoms with Gasteiger partial charge in [-0.2, -0.15) is 5.10 Å². The maximum absolute atomic E-state index is 12.5. The van der Waals surface area contributed by atoms with Crippen molar-refractivity contribution in [3.8, 4) is 0 Å². The van der Waals surface area contributed by atoms with Gasteiger partial charge in [0.1, 0.15) is 0 Å². The monoisotopic (exact) mass is 285 g/mol. The van der Waals surface area contributed by atoms with Crippen LogP contribution in [0.15, 0.2) is 30.9 Å². The molecule has 0 aromatic carbocycles. The molecule has 1 amide bonds. The number of nitrogens with zero attached hydrogens (tertiary/aromatic N) is 5. The van der Waals surface area contributed by atoms with Crippen LogP contribution in [0.3, 0.4) is 0 Å². The van der Waals surface area contributed by atoms with Crippen LogP contribution in [0.4, 0.5) is 5.69 Å². The van der Waals surface area contributed by atoms with Crippen molar-refractivity contribution in [2.24, 2.45) is 7.05 Å². The molecule has 2 aromatic rings. The van der Waals surface area contributed by atoms with Gasteiger partial charge in [-0.1, -0.05) is 0 Å². The summed E-state index contributed by atoms with van der Waals surface area (Å²) in [6.07, 6.45) is 7.24. The number of anilines is 1. The highest BCUT2D eigenvalue weighted by Gasteiger charge is 2.23. The van der Waals surface area contributed by atoms with Crippen molar-refractivity contribution >= 4 is 11.6 Å². The maximum Gasteiger partial charge on any atom is 0.255 e. The zero-order valence-corrected chi connectivity index (χ0v) is 12.4. The Morgan fingerprint density at radius 1 is 1.19 bits per heavy atom. The highest BCUT2D eigenvalue weighted by molar-refractivity contribution is 5.95. The Kier molecular flexibility index (Phi) is 3.60. The second-order valence-corrected chi connectivity index (χ2v) is 5.34. The van der Waals surface area contributed by atoms with Gasteiger partial charge in [0.2, 0.25) is 0 Å². The molecule has 6 heteroatoms. The van der Waals surface area contributed by atoms with E-state index in [4.69, 9.17) is 0 Å². The van der Waals surface area contributed by atoms with Gasteiger partial charge in [0, 0.05) is 51.8 Å². The van der Waals surface area contributed by atoms with Crippen molar-refractivity contribution in [1.82, 2.24) is 19.7 Å². The molecule has 0 atom stereocenters. The second kappa shape index (κ2) is 5.55. The van der Waals surface area contributed by atoms with Gasteiger partial charge in [-0.3, -0.25) is 14.5 Å². The van der Waals surface area contributed by atoms with E-state index in [2.05, 4.69) is 15.0 Å². The minimum atomic E-state index is 0.0754. The van der Waals surface area contributed by atoms with E-state index in [1.165, 1.54) is 0 Å². The van der Waals surface area contributed by atoms with E-state index in [1.807, 2.05) is 37.3 Å². The second-order valence-electron chi connectivity index (χ2n) is 5.34. The standard InChI is InChI=1S/C15H19N5O/c1-12-3-4-16-10-14(12)15(21)20-7-5-19(6-8-20)13-9-17-18(2)11-13/h3-4,9-11H,5-8H2,1-2H3. The predicted molar refractivity (Wildman–Crippen MR) is 80.3 cm³/mol. The lowest BCUT2D eigenvalue weighted by Crippen LogP contribution is -2.48. The molecule has 1 aliphatic rings. The molecule has 21 heavy (non-hydrogen) atoms. The quantitative estimate of drug-likeness (QED) is 0.829. The number of carbonyl (C=O) groups excluding carboxylic acids is 1. The molecule has 0 unspecified atom stereocenters. The summed E-state index contributed by atoms with van der Waals surface area (Å²) >= 11 is 0. The van der Waals surface area contributed by atoms with E-state index < -0.39 is 0 Å². The largest absolute Gasteiger partial charge is 0.365 e. The molecular weight excluding hydrogens is 266 g/mol. The van der Waals surface area contributed by atoms with Gasteiger partial charge in [0.15, 0.2) is 0 Å². The molecule has 3 heterocycles. The van der Waals surface area contributed by atoms with Crippen molar-refractivity contribution < 1.29 is 4.79 Å². The van der Waals surface area contributed by atoms with Gasteiger partial charge in [0.25, 0.3) is 5.91 Å². The summed E-state index contributed by atoms with van der Waals surface area (Å²) < 4.78 is 1.80. The van der Waals surface area contributed by atoms with Crippen LogP contribution >= 0.6 is 0 Å². The van der Waals surface area contributed by atoms with Gasteiger partial charge in [-0.25, -0.2) is 0 Å². The van der Waals surface area contributed by atoms with Crippen LogP contribution in [0, 0.1) is 6.92 Å². The predicted octanol–water partition coefficient (Wildman–Crippen LogP) is 1.09. The average Bonchev–Trinajstić information content (AvgIpc) is 2.94. The lowest BCUT2D eigenvalue weighted by Gasteiger charge is -2.35. The molecule has 1 saturated heterocycles. The summed E-state index contributed by atoms with van der Waals surface area (Å²) in [4.78, 5) is 20.7. The Labute approximate surface area is 124 Å². The van der Waals surface area contributed by atoms with E-state index in [-0.39, 0.29) is 5.91 Å². The molecule has 110 valence electrons. The number of hydrogen-bond acceptors (Lipinski definition) is 4. The topological polar surface area (TPSA) is 54.3 Å². The Hall–Kier alpha value is -2.37. The third-order valence-electron chi connectivity index (χ3n) is 3.89. The fourth-order valence-corrected chi connectivity index (χ4v) is 2.60. The lowest BCUT2D eigenvalue weighted by molar-refractivity contribution is 0.0745. The van der Waals surface area contributed by atoms with Crippen LogP contribution in [-0.4, -0.2) is 51.8 Å². The zero-order valence-electron chi connectivity index (χ0n) is 12.4. The molecular formula is C15H19N5O. The Morgan fingerprint density at radius 3 is 2.57 bits per heavy atom. The summed E-state index contributed by atoms with van der Waals surface area (Å²) in [5.41, 5.74) is 2.79. The van der Waals surface area contributed by atoms with E-state index in [0.29, 0.717) is 5.56 Å². The minimum absolute atomic E-state index is 0.0754. The minimum Gasteiger partial charge on any atom is -0.365 e. The summed E-state index contributed by atoms with van der Waals surface area (Å²) in [5.74, 6) is 0.0754. The molecule has 0 aliphatic carbocycles. The zero-order chi connectivity index (χ0) is 14.8. The van der Waals surface area contributed by atoms with Gasteiger partial charge in [-0.05, 0) is 18.6 Å². The molecule has 0 radical (unpaired) electrons. The molecule has 2 aromatic heterocycles. The third-order valence-corrected chi connectivity index (χ3v) is 3.89. The van der Waals surface area contributed by atoms with Gasteiger partial charge in [0.05, 0.1) is 17.4 Å². The smallest absolute Gasteiger partial charge is 0.255 e. The van der Waals surface area contributed by atoms with E-state index >= 15 is 0 Å². The van der Waals surface area contributed by atoms with Crippen LogP contribution < -0.4 is 4.90 Å². The summed E-state index contributed by atoms with van der Waals surface area (Å²) in [5, 5.41) is 4.19. The average molecular weight is 285 g/mol. The van der Waals surface area contributed by atoms with Crippen molar-refractivity contribution in [1.29, 1.82) is 0 Å². The number of amides is 1. The van der Waals surface area contributed by atoms with E-state index in [0.717, 1.165) is 37.4 Å². The fraction of sp³-hybridized carbons (Fsp3) is 0.400. The molecule has 3 rings (SSSR count). The van der Waals surface area contributed by atoms with E-state index in [1.54, 1.807) is 17.1 Å². The first-order chi connectivity index (χ1) is 10.1. The first-order valence-electron chi connectivity index (χ1n) is 7.08. The Balaban J connectivity index is 1.66. The first-order valence-corrected chi connectivity index (χ1v) is 7.08. The normalized spacial score (nSPS) is 15.3. The number of piperazine rings is 1. The highest BCUT2D eigenvalue weighted by Crippen LogP contribution is 2.17. The molecule has 0 spiro atoms.